The van der Waals surface area contributed by atoms with Crippen molar-refractivity contribution in [1.29, 1.82) is 0 Å². The molecule has 0 radical (unpaired) electrons. The number of Topliss-reactive ketones (excluding diaryl/α,β-unsaturated/α-hetero) is 1. The summed E-state index contributed by atoms with van der Waals surface area (Å²) in [5.74, 6) is 0.0718. The van der Waals surface area contributed by atoms with Crippen LogP contribution < -0.4 is 0 Å². The molecule has 0 aromatic rings. The first kappa shape index (κ1) is 6.55. The van der Waals surface area contributed by atoms with Gasteiger partial charge in [0.15, 0.2) is 5.78 Å². The number of nitrogens with zero attached hydrogens (tertiary/aromatic N) is 1. The molecule has 2 nitrogen and oxygen atoms in total. The minimum Gasteiger partial charge on any atom is -0.292 e. The van der Waals surface area contributed by atoms with Crippen molar-refractivity contribution in [3.8, 4) is 0 Å². The van der Waals surface area contributed by atoms with Crippen molar-refractivity contribution >= 4 is 24.1 Å². The van der Waals surface area contributed by atoms with E-state index < -0.39 is 0 Å². The second-order valence-corrected chi connectivity index (χ2v) is 2.22. The van der Waals surface area contributed by atoms with E-state index in [1.807, 2.05) is 6.92 Å². The Labute approximate surface area is 59.1 Å². The van der Waals surface area contributed by atoms with E-state index in [0.717, 1.165) is 5.71 Å². The lowest BCUT2D eigenvalue weighted by atomic mass is 10.2. The maximum absolute atomic E-state index is 10.8. The molecule has 0 atom stereocenters. The highest BCUT2D eigenvalue weighted by Gasteiger charge is 2.15. The number of hydrogen-bond donors (Lipinski definition) is 1. The first-order chi connectivity index (χ1) is 4.24. The third-order valence-electron chi connectivity index (χ3n) is 1.14. The summed E-state index contributed by atoms with van der Waals surface area (Å²) in [7, 11) is 0. The molecule has 0 aliphatic carbocycles. The van der Waals surface area contributed by atoms with Gasteiger partial charge in [0.25, 0.3) is 0 Å². The van der Waals surface area contributed by atoms with Gasteiger partial charge < -0.3 is 0 Å². The third-order valence-corrected chi connectivity index (χ3v) is 1.38. The van der Waals surface area contributed by atoms with E-state index in [1.54, 1.807) is 0 Å². The van der Waals surface area contributed by atoms with Crippen LogP contribution in [0.3, 0.4) is 0 Å². The van der Waals surface area contributed by atoms with Gasteiger partial charge in [-0.05, 0) is 12.3 Å². The topological polar surface area (TPSA) is 29.4 Å². The van der Waals surface area contributed by atoms with Crippen LogP contribution in [-0.4, -0.2) is 11.5 Å². The van der Waals surface area contributed by atoms with Gasteiger partial charge in [0.1, 0.15) is 5.70 Å². The average molecular weight is 141 g/mol. The van der Waals surface area contributed by atoms with Crippen molar-refractivity contribution in [2.45, 2.75) is 13.3 Å². The molecule has 1 aliphatic rings. The van der Waals surface area contributed by atoms with Crippen molar-refractivity contribution < 1.29 is 4.79 Å². The van der Waals surface area contributed by atoms with Crippen LogP contribution in [0.4, 0.5) is 0 Å². The number of thiol groups is 1. The van der Waals surface area contributed by atoms with E-state index in [4.69, 9.17) is 0 Å². The predicted molar refractivity (Wildman–Crippen MR) is 39.8 cm³/mol. The molecular formula is C6H7NOS. The highest BCUT2D eigenvalue weighted by molar-refractivity contribution is 7.83. The molecule has 0 unspecified atom stereocenters. The summed E-state index contributed by atoms with van der Waals surface area (Å²) in [6.07, 6.45) is 0.465. The van der Waals surface area contributed by atoms with Crippen molar-refractivity contribution in [1.82, 2.24) is 0 Å². The van der Waals surface area contributed by atoms with Crippen LogP contribution in [0.25, 0.3) is 0 Å². The van der Waals surface area contributed by atoms with Gasteiger partial charge in [-0.15, -0.1) is 12.6 Å². The van der Waals surface area contributed by atoms with Gasteiger partial charge in [-0.2, -0.15) is 0 Å². The zero-order chi connectivity index (χ0) is 6.85. The quantitative estimate of drug-likeness (QED) is 0.398. The molecule has 0 aromatic heterocycles. The third kappa shape index (κ3) is 1.21. The standard InChI is InChI=1S/C6H7NOS/c1-4-2-6(8)5(3-9)7-4/h3,9H,2H2,1H3/b5-3+. The van der Waals surface area contributed by atoms with Gasteiger partial charge in [-0.25, -0.2) is 0 Å². The molecule has 3 heteroatoms. The average Bonchev–Trinajstić information content (AvgIpc) is 2.10. The summed E-state index contributed by atoms with van der Waals surface area (Å²) in [6, 6.07) is 0. The van der Waals surface area contributed by atoms with E-state index in [9.17, 15) is 4.79 Å². The first-order valence-corrected chi connectivity index (χ1v) is 3.17. The lowest BCUT2D eigenvalue weighted by Gasteiger charge is -1.82. The number of ketones is 1. The highest BCUT2D eigenvalue weighted by Crippen LogP contribution is 2.12. The van der Waals surface area contributed by atoms with Crippen LogP contribution in [0.1, 0.15) is 13.3 Å². The van der Waals surface area contributed by atoms with Crippen LogP contribution in [0.15, 0.2) is 16.1 Å². The molecule has 0 saturated heterocycles. The fourth-order valence-corrected chi connectivity index (χ4v) is 0.933. The largest absolute Gasteiger partial charge is 0.292 e. The van der Waals surface area contributed by atoms with Crippen LogP contribution in [-0.2, 0) is 4.79 Å². The number of allylic oxidation sites excluding steroid dienone is 1. The van der Waals surface area contributed by atoms with Crippen LogP contribution in [0.5, 0.6) is 0 Å². The SMILES string of the molecule is CC1=N/C(=C/S)C(=O)C1. The highest BCUT2D eigenvalue weighted by atomic mass is 32.1. The van der Waals surface area contributed by atoms with Crippen molar-refractivity contribution in [3.05, 3.63) is 11.1 Å². The van der Waals surface area contributed by atoms with Gasteiger partial charge in [0.2, 0.25) is 0 Å². The Morgan fingerprint density at radius 3 is 2.67 bits per heavy atom. The normalized spacial score (nSPS) is 23.1. The van der Waals surface area contributed by atoms with Crippen LogP contribution in [0, 0.1) is 0 Å². The fraction of sp³-hybridized carbons (Fsp3) is 0.333. The van der Waals surface area contributed by atoms with Gasteiger partial charge in [-0.1, -0.05) is 0 Å². The molecule has 0 saturated carbocycles. The molecule has 1 rings (SSSR count). The lowest BCUT2D eigenvalue weighted by molar-refractivity contribution is -0.114. The molecule has 0 bridgehead atoms. The van der Waals surface area contributed by atoms with Gasteiger partial charge in [0.05, 0.1) is 6.42 Å². The summed E-state index contributed by atoms with van der Waals surface area (Å²) < 4.78 is 0. The molecule has 0 amide bonds. The zero-order valence-electron chi connectivity index (χ0n) is 5.09. The number of carbonyl (C=O) groups is 1. The van der Waals surface area contributed by atoms with E-state index >= 15 is 0 Å². The fourth-order valence-electron chi connectivity index (χ4n) is 0.731. The van der Waals surface area contributed by atoms with Gasteiger partial charge in [0, 0.05) is 5.71 Å². The van der Waals surface area contributed by atoms with Crippen molar-refractivity contribution in [3.63, 3.8) is 0 Å². The number of carbonyl (C=O) groups excluding carboxylic acids is 1. The van der Waals surface area contributed by atoms with Gasteiger partial charge in [-0.3, -0.25) is 9.79 Å². The molecule has 9 heavy (non-hydrogen) atoms. The Bertz CT molecular complexity index is 205. The number of rotatable bonds is 0. The summed E-state index contributed by atoms with van der Waals surface area (Å²) in [6.45, 7) is 1.84. The summed E-state index contributed by atoms with van der Waals surface area (Å²) >= 11 is 3.83. The number of aliphatic imine (C=N–C) groups is 1. The minimum atomic E-state index is 0.0718. The van der Waals surface area contributed by atoms with E-state index in [1.165, 1.54) is 5.41 Å². The lowest BCUT2D eigenvalue weighted by Crippen LogP contribution is -1.93. The summed E-state index contributed by atoms with van der Waals surface area (Å²) in [4.78, 5) is 14.7. The Morgan fingerprint density at radius 2 is 2.44 bits per heavy atom. The van der Waals surface area contributed by atoms with E-state index in [0.29, 0.717) is 12.1 Å². The summed E-state index contributed by atoms with van der Waals surface area (Å²) in [5.41, 5.74) is 1.36. The molecule has 0 fully saturated rings. The number of hydrogen-bond acceptors (Lipinski definition) is 3. The van der Waals surface area contributed by atoms with E-state index in [-0.39, 0.29) is 5.78 Å². The second-order valence-electron chi connectivity index (χ2n) is 1.96. The van der Waals surface area contributed by atoms with Crippen LogP contribution >= 0.6 is 12.6 Å². The van der Waals surface area contributed by atoms with E-state index in [2.05, 4.69) is 17.6 Å². The van der Waals surface area contributed by atoms with Crippen molar-refractivity contribution in [2.24, 2.45) is 4.99 Å². The zero-order valence-corrected chi connectivity index (χ0v) is 5.98. The molecule has 0 aromatic carbocycles. The minimum absolute atomic E-state index is 0.0718. The monoisotopic (exact) mass is 141 g/mol. The summed E-state index contributed by atoms with van der Waals surface area (Å²) in [5, 5.41) is 1.44. The second kappa shape index (κ2) is 2.35. The molecular weight excluding hydrogens is 134 g/mol. The maximum Gasteiger partial charge on any atom is 0.187 e. The Hall–Kier alpha value is -0.570. The first-order valence-electron chi connectivity index (χ1n) is 2.66. The Morgan fingerprint density at radius 1 is 1.78 bits per heavy atom. The van der Waals surface area contributed by atoms with Crippen molar-refractivity contribution in [2.75, 3.05) is 0 Å². The molecule has 1 aliphatic heterocycles. The molecule has 48 valence electrons. The molecule has 1 heterocycles. The smallest absolute Gasteiger partial charge is 0.187 e. The maximum atomic E-state index is 10.8. The molecule has 0 spiro atoms. The predicted octanol–water partition coefficient (Wildman–Crippen LogP) is 1.19. The van der Waals surface area contributed by atoms with Gasteiger partial charge >= 0.3 is 0 Å². The van der Waals surface area contributed by atoms with Crippen LogP contribution in [0.2, 0.25) is 0 Å². The molecule has 0 N–H and O–H groups in total. The Kier molecular flexibility index (Phi) is 1.71. The Balaban J connectivity index is 2.89.